The van der Waals surface area contributed by atoms with Crippen LogP contribution in [0.15, 0.2) is 47.1 Å². The first-order valence-corrected chi connectivity index (χ1v) is 7.37. The number of halogens is 1. The van der Waals surface area contributed by atoms with Crippen LogP contribution in [0.4, 0.5) is 0 Å². The molecular weight excluding hydrogens is 300 g/mol. The highest BCUT2D eigenvalue weighted by atomic mass is 79.9. The first kappa shape index (κ1) is 12.8. The van der Waals surface area contributed by atoms with E-state index in [9.17, 15) is 0 Å². The standard InChI is InChI=1S/C16H17BrN2/c1-16(18,12-5-2-6-13(17)10-12)14-8-7-11-4-3-9-19-15(11)14/h2-6,9-10,14H,7-8,18H2,1H3. The van der Waals surface area contributed by atoms with Crippen LogP contribution < -0.4 is 5.73 Å². The number of hydrogen-bond acceptors (Lipinski definition) is 2. The lowest BCUT2D eigenvalue weighted by atomic mass is 9.79. The van der Waals surface area contributed by atoms with Crippen LogP contribution in [0.3, 0.4) is 0 Å². The second-order valence-corrected chi connectivity index (χ2v) is 6.35. The summed E-state index contributed by atoms with van der Waals surface area (Å²) in [7, 11) is 0. The van der Waals surface area contributed by atoms with Crippen LogP contribution in [-0.4, -0.2) is 4.98 Å². The van der Waals surface area contributed by atoms with E-state index < -0.39 is 0 Å². The van der Waals surface area contributed by atoms with Gasteiger partial charge >= 0.3 is 0 Å². The van der Waals surface area contributed by atoms with E-state index in [-0.39, 0.29) is 11.5 Å². The van der Waals surface area contributed by atoms with E-state index in [1.165, 1.54) is 11.3 Å². The molecule has 1 heterocycles. The van der Waals surface area contributed by atoms with Gasteiger partial charge in [-0.25, -0.2) is 0 Å². The van der Waals surface area contributed by atoms with E-state index in [0.29, 0.717) is 0 Å². The van der Waals surface area contributed by atoms with Crippen LogP contribution in [0.5, 0.6) is 0 Å². The molecule has 2 N–H and O–H groups in total. The molecule has 19 heavy (non-hydrogen) atoms. The third-order valence-electron chi connectivity index (χ3n) is 4.13. The topological polar surface area (TPSA) is 38.9 Å². The minimum absolute atomic E-state index is 0.290. The fraction of sp³-hybridized carbons (Fsp3) is 0.312. The number of pyridine rings is 1. The van der Waals surface area contributed by atoms with Gasteiger partial charge in [0.1, 0.15) is 0 Å². The SMILES string of the molecule is CC(N)(c1cccc(Br)c1)C1CCc2cccnc21. The molecule has 1 aromatic heterocycles. The molecule has 1 aliphatic rings. The Kier molecular flexibility index (Phi) is 3.19. The maximum absolute atomic E-state index is 6.67. The van der Waals surface area contributed by atoms with Crippen molar-refractivity contribution in [3.8, 4) is 0 Å². The molecule has 0 bridgehead atoms. The number of rotatable bonds is 2. The number of aromatic nitrogens is 1. The number of nitrogens with zero attached hydrogens (tertiary/aromatic N) is 1. The van der Waals surface area contributed by atoms with Crippen molar-refractivity contribution >= 4 is 15.9 Å². The van der Waals surface area contributed by atoms with E-state index in [4.69, 9.17) is 5.73 Å². The maximum Gasteiger partial charge on any atom is 0.0488 e. The van der Waals surface area contributed by atoms with Gasteiger partial charge in [-0.2, -0.15) is 0 Å². The molecule has 2 atom stereocenters. The van der Waals surface area contributed by atoms with Gasteiger partial charge in [0.05, 0.1) is 0 Å². The van der Waals surface area contributed by atoms with Gasteiger partial charge < -0.3 is 5.73 Å². The lowest BCUT2D eigenvalue weighted by Crippen LogP contribution is -2.39. The molecule has 0 saturated heterocycles. The van der Waals surface area contributed by atoms with Crippen molar-refractivity contribution in [2.45, 2.75) is 31.2 Å². The van der Waals surface area contributed by atoms with Gasteiger partial charge in [-0.15, -0.1) is 0 Å². The van der Waals surface area contributed by atoms with E-state index in [2.05, 4.69) is 46.0 Å². The van der Waals surface area contributed by atoms with Gasteiger partial charge in [0.2, 0.25) is 0 Å². The van der Waals surface area contributed by atoms with Gasteiger partial charge in [-0.1, -0.05) is 34.1 Å². The highest BCUT2D eigenvalue weighted by molar-refractivity contribution is 9.10. The first-order chi connectivity index (χ1) is 9.09. The van der Waals surface area contributed by atoms with Gasteiger partial charge in [-0.05, 0) is 49.1 Å². The van der Waals surface area contributed by atoms with Crippen molar-refractivity contribution < 1.29 is 0 Å². The van der Waals surface area contributed by atoms with E-state index in [0.717, 1.165) is 22.9 Å². The van der Waals surface area contributed by atoms with Crippen LogP contribution in [-0.2, 0) is 12.0 Å². The molecule has 0 aliphatic heterocycles. The molecular formula is C16H17BrN2. The van der Waals surface area contributed by atoms with Crippen LogP contribution >= 0.6 is 15.9 Å². The zero-order valence-electron chi connectivity index (χ0n) is 10.9. The Hall–Kier alpha value is -1.19. The van der Waals surface area contributed by atoms with Crippen molar-refractivity contribution in [2.75, 3.05) is 0 Å². The number of aryl methyl sites for hydroxylation is 1. The molecule has 1 aliphatic carbocycles. The number of hydrogen-bond donors (Lipinski definition) is 1. The van der Waals surface area contributed by atoms with Crippen molar-refractivity contribution in [3.05, 3.63) is 63.9 Å². The Morgan fingerprint density at radius 1 is 1.32 bits per heavy atom. The molecule has 3 rings (SSSR count). The molecule has 0 fully saturated rings. The lowest BCUT2D eigenvalue weighted by molar-refractivity contribution is 0.381. The molecule has 3 heteroatoms. The summed E-state index contributed by atoms with van der Waals surface area (Å²) in [4.78, 5) is 4.56. The van der Waals surface area contributed by atoms with E-state index in [1.54, 1.807) is 0 Å². The second kappa shape index (κ2) is 4.73. The van der Waals surface area contributed by atoms with E-state index >= 15 is 0 Å². The molecule has 98 valence electrons. The van der Waals surface area contributed by atoms with Crippen LogP contribution in [0, 0.1) is 0 Å². The smallest absolute Gasteiger partial charge is 0.0488 e. The highest BCUT2D eigenvalue weighted by Gasteiger charge is 2.38. The van der Waals surface area contributed by atoms with Gasteiger partial charge in [0, 0.05) is 27.8 Å². The molecule has 0 spiro atoms. The minimum atomic E-state index is -0.386. The third kappa shape index (κ3) is 2.21. The predicted octanol–water partition coefficient (Wildman–Crippen LogP) is 3.75. The number of benzene rings is 1. The van der Waals surface area contributed by atoms with Gasteiger partial charge in [0.15, 0.2) is 0 Å². The number of fused-ring (bicyclic) bond motifs is 1. The van der Waals surface area contributed by atoms with E-state index in [1.807, 2.05) is 24.4 Å². The van der Waals surface area contributed by atoms with Crippen LogP contribution in [0.25, 0.3) is 0 Å². The van der Waals surface area contributed by atoms with Crippen molar-refractivity contribution in [2.24, 2.45) is 5.73 Å². The third-order valence-corrected chi connectivity index (χ3v) is 4.62. The average molecular weight is 317 g/mol. The second-order valence-electron chi connectivity index (χ2n) is 5.43. The maximum atomic E-state index is 6.67. The molecule has 0 amide bonds. The van der Waals surface area contributed by atoms with Gasteiger partial charge in [-0.3, -0.25) is 4.98 Å². The fourth-order valence-electron chi connectivity index (χ4n) is 3.02. The summed E-state index contributed by atoms with van der Waals surface area (Å²) in [6, 6.07) is 12.5. The Morgan fingerprint density at radius 3 is 2.95 bits per heavy atom. The molecule has 1 aromatic carbocycles. The predicted molar refractivity (Wildman–Crippen MR) is 81.0 cm³/mol. The molecule has 2 aromatic rings. The Labute approximate surface area is 122 Å². The highest BCUT2D eigenvalue weighted by Crippen LogP contribution is 2.43. The van der Waals surface area contributed by atoms with Crippen molar-refractivity contribution in [1.29, 1.82) is 0 Å². The lowest BCUT2D eigenvalue weighted by Gasteiger charge is -2.32. The van der Waals surface area contributed by atoms with Crippen LogP contribution in [0.2, 0.25) is 0 Å². The molecule has 2 nitrogen and oxygen atoms in total. The summed E-state index contributed by atoms with van der Waals surface area (Å²) in [5.41, 5.74) is 9.96. The quantitative estimate of drug-likeness (QED) is 0.916. The van der Waals surface area contributed by atoms with Gasteiger partial charge in [0.25, 0.3) is 0 Å². The van der Waals surface area contributed by atoms with Crippen LogP contribution in [0.1, 0.15) is 36.1 Å². The summed E-state index contributed by atoms with van der Waals surface area (Å²) in [6.07, 6.45) is 4.02. The largest absolute Gasteiger partial charge is 0.321 e. The Bertz CT molecular complexity index is 607. The summed E-state index contributed by atoms with van der Waals surface area (Å²) < 4.78 is 1.07. The zero-order valence-corrected chi connectivity index (χ0v) is 12.5. The minimum Gasteiger partial charge on any atom is -0.321 e. The Balaban J connectivity index is 2.02. The normalized spacial score (nSPS) is 20.9. The first-order valence-electron chi connectivity index (χ1n) is 6.58. The zero-order chi connectivity index (χ0) is 13.5. The summed E-state index contributed by atoms with van der Waals surface area (Å²) in [5, 5.41) is 0. The fourth-order valence-corrected chi connectivity index (χ4v) is 3.42. The Morgan fingerprint density at radius 2 is 2.16 bits per heavy atom. The summed E-state index contributed by atoms with van der Waals surface area (Å²) >= 11 is 3.52. The monoisotopic (exact) mass is 316 g/mol. The molecule has 2 unspecified atom stereocenters. The molecule has 0 radical (unpaired) electrons. The summed E-state index contributed by atoms with van der Waals surface area (Å²) in [6.45, 7) is 2.11. The molecule has 0 saturated carbocycles. The number of nitrogens with two attached hydrogens (primary N) is 1. The average Bonchev–Trinajstić information content (AvgIpc) is 2.83. The van der Waals surface area contributed by atoms with Crippen molar-refractivity contribution in [1.82, 2.24) is 4.98 Å². The van der Waals surface area contributed by atoms with Crippen molar-refractivity contribution in [3.63, 3.8) is 0 Å². The summed E-state index contributed by atoms with van der Waals surface area (Å²) in [5.74, 6) is 0.290.